The van der Waals surface area contributed by atoms with E-state index in [1.165, 1.54) is 25.9 Å². The van der Waals surface area contributed by atoms with Crippen LogP contribution in [0, 0.1) is 5.92 Å². The second-order valence-corrected chi connectivity index (χ2v) is 7.22. The van der Waals surface area contributed by atoms with Gasteiger partial charge < -0.3 is 9.80 Å². The monoisotopic (exact) mass is 307 g/mol. The highest BCUT2D eigenvalue weighted by Crippen LogP contribution is 2.23. The molecule has 1 amide bonds. The highest BCUT2D eigenvalue weighted by Gasteiger charge is 2.26. The number of likely N-dealkylation sites (tertiary alicyclic amines) is 1. The zero-order chi connectivity index (χ0) is 14.7. The average Bonchev–Trinajstić information content (AvgIpc) is 3.01. The normalized spacial score (nSPS) is 22.9. The van der Waals surface area contributed by atoms with Crippen molar-refractivity contribution in [1.82, 2.24) is 9.80 Å². The van der Waals surface area contributed by atoms with Crippen LogP contribution in [0.15, 0.2) is 17.5 Å². The molecule has 5 heteroatoms. The number of hydrogen-bond donors (Lipinski definition) is 0. The van der Waals surface area contributed by atoms with Crippen LogP contribution in [0.25, 0.3) is 0 Å². The largest absolute Gasteiger partial charge is 0.302 e. The molecule has 0 aliphatic carbocycles. The van der Waals surface area contributed by atoms with Crippen molar-refractivity contribution in [2.45, 2.75) is 19.8 Å². The van der Waals surface area contributed by atoms with Gasteiger partial charge in [0.05, 0.1) is 11.5 Å². The van der Waals surface area contributed by atoms with Gasteiger partial charge in [0.2, 0.25) is 5.91 Å². The van der Waals surface area contributed by atoms with Crippen LogP contribution in [-0.4, -0.2) is 61.5 Å². The van der Waals surface area contributed by atoms with E-state index >= 15 is 0 Å². The first-order valence-corrected chi connectivity index (χ1v) is 8.89. The lowest BCUT2D eigenvalue weighted by Crippen LogP contribution is -2.52. The van der Waals surface area contributed by atoms with Crippen molar-refractivity contribution in [2.24, 2.45) is 5.92 Å². The number of thiophene rings is 1. The maximum Gasteiger partial charge on any atom is 0.241 e. The minimum atomic E-state index is 0.246. The number of anilines is 1. The summed E-state index contributed by atoms with van der Waals surface area (Å²) >= 11 is 1.65. The molecule has 2 fully saturated rings. The molecule has 0 bridgehead atoms. The van der Waals surface area contributed by atoms with Gasteiger partial charge in [-0.15, -0.1) is 11.3 Å². The van der Waals surface area contributed by atoms with Crippen molar-refractivity contribution in [2.75, 3.05) is 50.7 Å². The summed E-state index contributed by atoms with van der Waals surface area (Å²) in [6, 6.07) is 4.05. The molecule has 0 radical (unpaired) electrons. The van der Waals surface area contributed by atoms with Gasteiger partial charge in [0.15, 0.2) is 0 Å². The number of rotatable bonds is 4. The minimum absolute atomic E-state index is 0.246. The molecule has 3 rings (SSSR count). The molecule has 2 saturated heterocycles. The summed E-state index contributed by atoms with van der Waals surface area (Å²) in [7, 11) is 0. The molecule has 0 saturated carbocycles. The van der Waals surface area contributed by atoms with Crippen LogP contribution < -0.4 is 4.90 Å². The third kappa shape index (κ3) is 3.84. The van der Waals surface area contributed by atoms with Crippen LogP contribution in [0.5, 0.6) is 0 Å². The van der Waals surface area contributed by atoms with Crippen LogP contribution >= 0.6 is 11.3 Å². The van der Waals surface area contributed by atoms with E-state index in [1.54, 1.807) is 11.3 Å². The molecule has 4 nitrogen and oxygen atoms in total. The Balaban J connectivity index is 1.43. The smallest absolute Gasteiger partial charge is 0.241 e. The summed E-state index contributed by atoms with van der Waals surface area (Å²) in [5, 5.41) is 3.12. The maximum atomic E-state index is 12.3. The van der Waals surface area contributed by atoms with Crippen molar-refractivity contribution >= 4 is 22.2 Å². The second kappa shape index (κ2) is 6.90. The molecule has 21 heavy (non-hydrogen) atoms. The molecular weight excluding hydrogens is 282 g/mol. The Bertz CT molecular complexity index is 454. The zero-order valence-corrected chi connectivity index (χ0v) is 13.6. The summed E-state index contributed by atoms with van der Waals surface area (Å²) in [4.78, 5) is 19.1. The molecule has 0 unspecified atom stereocenters. The van der Waals surface area contributed by atoms with Gasteiger partial charge in [-0.05, 0) is 49.4 Å². The van der Waals surface area contributed by atoms with E-state index in [2.05, 4.69) is 16.7 Å². The zero-order valence-electron chi connectivity index (χ0n) is 12.8. The molecule has 1 aromatic rings. The van der Waals surface area contributed by atoms with Gasteiger partial charge in [-0.3, -0.25) is 9.69 Å². The molecule has 0 aromatic carbocycles. The highest BCUT2D eigenvalue weighted by atomic mass is 32.1. The Hall–Kier alpha value is -0.910. The Kier molecular flexibility index (Phi) is 4.93. The lowest BCUT2D eigenvalue weighted by Gasteiger charge is -2.36. The molecule has 0 spiro atoms. The topological polar surface area (TPSA) is 26.8 Å². The average molecular weight is 307 g/mol. The molecule has 2 aliphatic heterocycles. The first-order valence-electron chi connectivity index (χ1n) is 8.01. The van der Waals surface area contributed by atoms with Gasteiger partial charge in [0.1, 0.15) is 0 Å². The lowest BCUT2D eigenvalue weighted by molar-refractivity contribution is -0.121. The Morgan fingerprint density at radius 2 is 1.90 bits per heavy atom. The van der Waals surface area contributed by atoms with Gasteiger partial charge in [-0.1, -0.05) is 6.92 Å². The number of hydrogen-bond acceptors (Lipinski definition) is 4. The van der Waals surface area contributed by atoms with E-state index in [0.717, 1.165) is 37.1 Å². The molecular formula is C16H25N3OS. The predicted molar refractivity (Wildman–Crippen MR) is 88.0 cm³/mol. The summed E-state index contributed by atoms with van der Waals surface area (Å²) < 4.78 is 0. The summed E-state index contributed by atoms with van der Waals surface area (Å²) in [5.74, 6) is 1.13. The van der Waals surface area contributed by atoms with Crippen molar-refractivity contribution < 1.29 is 4.79 Å². The predicted octanol–water partition coefficient (Wildman–Crippen LogP) is 2.13. The van der Waals surface area contributed by atoms with Gasteiger partial charge in [-0.25, -0.2) is 0 Å². The van der Waals surface area contributed by atoms with Crippen LogP contribution in [0.3, 0.4) is 0 Å². The Morgan fingerprint density at radius 3 is 2.57 bits per heavy atom. The van der Waals surface area contributed by atoms with E-state index in [1.807, 2.05) is 22.4 Å². The Labute approximate surface area is 131 Å². The second-order valence-electron chi connectivity index (χ2n) is 6.30. The fourth-order valence-electron chi connectivity index (χ4n) is 3.14. The van der Waals surface area contributed by atoms with Crippen molar-refractivity contribution in [3.8, 4) is 0 Å². The minimum Gasteiger partial charge on any atom is -0.302 e. The van der Waals surface area contributed by atoms with E-state index < -0.39 is 0 Å². The Morgan fingerprint density at radius 1 is 1.14 bits per heavy atom. The van der Waals surface area contributed by atoms with Gasteiger partial charge in [0.25, 0.3) is 0 Å². The number of piperazine rings is 1. The fourth-order valence-corrected chi connectivity index (χ4v) is 3.91. The van der Waals surface area contributed by atoms with Crippen molar-refractivity contribution in [3.63, 3.8) is 0 Å². The molecule has 0 atom stereocenters. The third-order valence-corrected chi connectivity index (χ3v) is 5.57. The molecule has 0 N–H and O–H groups in total. The quantitative estimate of drug-likeness (QED) is 0.852. The van der Waals surface area contributed by atoms with Crippen molar-refractivity contribution in [3.05, 3.63) is 17.5 Å². The van der Waals surface area contributed by atoms with Crippen LogP contribution in [0.1, 0.15) is 19.8 Å². The van der Waals surface area contributed by atoms with E-state index in [4.69, 9.17) is 0 Å². The molecule has 3 heterocycles. The fraction of sp³-hybridized carbons (Fsp3) is 0.688. The maximum absolute atomic E-state index is 12.3. The number of piperidine rings is 1. The van der Waals surface area contributed by atoms with Crippen LogP contribution in [0.2, 0.25) is 0 Å². The molecule has 2 aliphatic rings. The molecule has 116 valence electrons. The molecule has 1 aromatic heterocycles. The first-order chi connectivity index (χ1) is 10.2. The van der Waals surface area contributed by atoms with Crippen LogP contribution in [0.4, 0.5) is 5.00 Å². The highest BCUT2D eigenvalue weighted by molar-refractivity contribution is 7.14. The van der Waals surface area contributed by atoms with E-state index in [9.17, 15) is 4.79 Å². The van der Waals surface area contributed by atoms with E-state index in [0.29, 0.717) is 6.54 Å². The number of nitrogens with zero attached hydrogens (tertiary/aromatic N) is 3. The van der Waals surface area contributed by atoms with Gasteiger partial charge in [0, 0.05) is 26.2 Å². The first kappa shape index (κ1) is 15.0. The number of amides is 1. The van der Waals surface area contributed by atoms with Crippen LogP contribution in [-0.2, 0) is 4.79 Å². The van der Waals surface area contributed by atoms with Gasteiger partial charge >= 0.3 is 0 Å². The van der Waals surface area contributed by atoms with Crippen molar-refractivity contribution in [1.29, 1.82) is 0 Å². The summed E-state index contributed by atoms with van der Waals surface area (Å²) in [5.41, 5.74) is 0. The summed E-state index contributed by atoms with van der Waals surface area (Å²) in [6.45, 7) is 9.33. The number of carbonyl (C=O) groups is 1. The SMILES string of the molecule is CC1CCN(CCN2CCN(c3cccs3)C(=O)C2)CC1. The van der Waals surface area contributed by atoms with Gasteiger partial charge in [-0.2, -0.15) is 0 Å². The lowest BCUT2D eigenvalue weighted by atomic mass is 9.99. The standard InChI is InChI=1S/C16H25N3OS/c1-14-4-6-17(7-5-14)8-9-18-10-11-19(15(20)13-18)16-3-2-12-21-16/h2-3,12,14H,4-11,13H2,1H3. The van der Waals surface area contributed by atoms with E-state index in [-0.39, 0.29) is 5.91 Å². The third-order valence-electron chi connectivity index (χ3n) is 4.68. The summed E-state index contributed by atoms with van der Waals surface area (Å²) in [6.07, 6.45) is 2.65. The number of carbonyl (C=O) groups excluding carboxylic acids is 1.